The highest BCUT2D eigenvalue weighted by Gasteiger charge is 2.24. The van der Waals surface area contributed by atoms with Crippen LogP contribution in [0.25, 0.3) is 0 Å². The molecular weight excluding hydrogens is 184 g/mol. The van der Waals surface area contributed by atoms with Crippen LogP contribution in [0.15, 0.2) is 0 Å². The second-order valence-electron chi connectivity index (χ2n) is 5.68. The summed E-state index contributed by atoms with van der Waals surface area (Å²) in [5, 5.41) is 3.52. The minimum atomic E-state index is 0.692. The highest BCUT2D eigenvalue weighted by molar-refractivity contribution is 4.83. The monoisotopic (exact) mass is 212 g/mol. The molecule has 0 spiro atoms. The molecule has 0 saturated carbocycles. The Labute approximate surface area is 95.4 Å². The summed E-state index contributed by atoms with van der Waals surface area (Å²) in [6.45, 7) is 10.5. The number of nitrogens with zero attached hydrogens (tertiary/aromatic N) is 1. The lowest BCUT2D eigenvalue weighted by Crippen LogP contribution is -2.48. The first kappa shape index (κ1) is 13.0. The fourth-order valence-corrected chi connectivity index (χ4v) is 2.68. The van der Waals surface area contributed by atoms with Gasteiger partial charge in [-0.25, -0.2) is 0 Å². The molecule has 3 atom stereocenters. The van der Waals surface area contributed by atoms with Gasteiger partial charge >= 0.3 is 0 Å². The van der Waals surface area contributed by atoms with Gasteiger partial charge < -0.3 is 10.2 Å². The Morgan fingerprint density at radius 2 is 2.00 bits per heavy atom. The van der Waals surface area contributed by atoms with Crippen molar-refractivity contribution in [1.29, 1.82) is 0 Å². The molecule has 0 amide bonds. The summed E-state index contributed by atoms with van der Waals surface area (Å²) in [6.07, 6.45) is 3.93. The van der Waals surface area contributed by atoms with Gasteiger partial charge in [0.15, 0.2) is 0 Å². The SMILES string of the molecule is CC(C)CC(C)N(C)C1CCNC(C)C1. The Morgan fingerprint density at radius 1 is 1.33 bits per heavy atom. The standard InChI is InChI=1S/C13H28N2/c1-10(2)8-12(4)15(5)13-6-7-14-11(3)9-13/h10-14H,6-9H2,1-5H3. The van der Waals surface area contributed by atoms with E-state index in [0.29, 0.717) is 6.04 Å². The summed E-state index contributed by atoms with van der Waals surface area (Å²) < 4.78 is 0. The Kier molecular flexibility index (Phi) is 5.07. The van der Waals surface area contributed by atoms with E-state index < -0.39 is 0 Å². The van der Waals surface area contributed by atoms with Crippen molar-refractivity contribution in [3.8, 4) is 0 Å². The highest BCUT2D eigenvalue weighted by Crippen LogP contribution is 2.19. The molecular formula is C13H28N2. The molecule has 0 aliphatic carbocycles. The molecule has 1 heterocycles. The van der Waals surface area contributed by atoms with Crippen LogP contribution in [0, 0.1) is 5.92 Å². The number of hydrogen-bond donors (Lipinski definition) is 1. The van der Waals surface area contributed by atoms with Gasteiger partial charge in [-0.1, -0.05) is 13.8 Å². The maximum absolute atomic E-state index is 3.52. The van der Waals surface area contributed by atoms with Gasteiger partial charge in [-0.3, -0.25) is 0 Å². The van der Waals surface area contributed by atoms with Gasteiger partial charge in [0.25, 0.3) is 0 Å². The Bertz CT molecular complexity index is 179. The van der Waals surface area contributed by atoms with Crippen molar-refractivity contribution in [3.63, 3.8) is 0 Å². The summed E-state index contributed by atoms with van der Waals surface area (Å²) >= 11 is 0. The molecule has 0 aromatic rings. The molecule has 2 nitrogen and oxygen atoms in total. The molecule has 0 aromatic heterocycles. The fraction of sp³-hybridized carbons (Fsp3) is 1.00. The first-order valence-electron chi connectivity index (χ1n) is 6.46. The van der Waals surface area contributed by atoms with Crippen LogP contribution in [0.5, 0.6) is 0 Å². The molecule has 2 heteroatoms. The first-order chi connectivity index (χ1) is 7.00. The lowest BCUT2D eigenvalue weighted by atomic mass is 9.96. The van der Waals surface area contributed by atoms with Crippen LogP contribution in [0.4, 0.5) is 0 Å². The molecule has 1 saturated heterocycles. The van der Waals surface area contributed by atoms with Crippen molar-refractivity contribution < 1.29 is 0 Å². The minimum absolute atomic E-state index is 0.692. The van der Waals surface area contributed by atoms with E-state index in [1.165, 1.54) is 25.8 Å². The van der Waals surface area contributed by atoms with E-state index in [0.717, 1.165) is 18.0 Å². The van der Waals surface area contributed by atoms with Crippen LogP contribution in [-0.4, -0.2) is 36.6 Å². The third kappa shape index (κ3) is 4.12. The highest BCUT2D eigenvalue weighted by atomic mass is 15.2. The zero-order valence-corrected chi connectivity index (χ0v) is 11.1. The van der Waals surface area contributed by atoms with Crippen molar-refractivity contribution in [1.82, 2.24) is 10.2 Å². The van der Waals surface area contributed by atoms with Crippen molar-refractivity contribution in [2.24, 2.45) is 5.92 Å². The molecule has 3 unspecified atom stereocenters. The summed E-state index contributed by atoms with van der Waals surface area (Å²) in [5.74, 6) is 0.807. The molecule has 0 radical (unpaired) electrons. The van der Waals surface area contributed by atoms with Crippen molar-refractivity contribution >= 4 is 0 Å². The van der Waals surface area contributed by atoms with Gasteiger partial charge in [-0.05, 0) is 52.6 Å². The van der Waals surface area contributed by atoms with Gasteiger partial charge in [-0.2, -0.15) is 0 Å². The zero-order chi connectivity index (χ0) is 11.4. The van der Waals surface area contributed by atoms with Crippen LogP contribution in [0.3, 0.4) is 0 Å². The largest absolute Gasteiger partial charge is 0.314 e. The van der Waals surface area contributed by atoms with E-state index in [4.69, 9.17) is 0 Å². The van der Waals surface area contributed by atoms with Crippen LogP contribution >= 0.6 is 0 Å². The molecule has 1 aliphatic heterocycles. The van der Waals surface area contributed by atoms with Crippen LogP contribution in [0.2, 0.25) is 0 Å². The quantitative estimate of drug-likeness (QED) is 0.770. The normalized spacial score (nSPS) is 29.8. The molecule has 15 heavy (non-hydrogen) atoms. The molecule has 1 fully saturated rings. The third-order valence-electron chi connectivity index (χ3n) is 3.68. The maximum Gasteiger partial charge on any atom is 0.0122 e. The second-order valence-corrected chi connectivity index (χ2v) is 5.68. The molecule has 1 aliphatic rings. The summed E-state index contributed by atoms with van der Waals surface area (Å²) in [7, 11) is 2.30. The Morgan fingerprint density at radius 3 is 2.53 bits per heavy atom. The van der Waals surface area contributed by atoms with E-state index in [9.17, 15) is 0 Å². The average molecular weight is 212 g/mol. The van der Waals surface area contributed by atoms with E-state index in [-0.39, 0.29) is 0 Å². The summed E-state index contributed by atoms with van der Waals surface area (Å²) in [5.41, 5.74) is 0. The topological polar surface area (TPSA) is 15.3 Å². The molecule has 1 rings (SSSR count). The smallest absolute Gasteiger partial charge is 0.0122 e. The van der Waals surface area contributed by atoms with Crippen molar-refractivity contribution in [2.75, 3.05) is 13.6 Å². The zero-order valence-electron chi connectivity index (χ0n) is 11.1. The number of nitrogens with one attached hydrogen (secondary N) is 1. The van der Waals surface area contributed by atoms with Crippen LogP contribution in [-0.2, 0) is 0 Å². The first-order valence-corrected chi connectivity index (χ1v) is 6.46. The number of hydrogen-bond acceptors (Lipinski definition) is 2. The van der Waals surface area contributed by atoms with Crippen LogP contribution < -0.4 is 5.32 Å². The number of rotatable bonds is 4. The maximum atomic E-state index is 3.52. The van der Waals surface area contributed by atoms with Gasteiger partial charge in [0.05, 0.1) is 0 Å². The fourth-order valence-electron chi connectivity index (χ4n) is 2.68. The van der Waals surface area contributed by atoms with Gasteiger partial charge in [0, 0.05) is 18.1 Å². The molecule has 90 valence electrons. The molecule has 1 N–H and O–H groups in total. The number of piperidine rings is 1. The Hall–Kier alpha value is -0.0800. The third-order valence-corrected chi connectivity index (χ3v) is 3.68. The summed E-state index contributed by atoms with van der Waals surface area (Å²) in [4.78, 5) is 2.59. The predicted octanol–water partition coefficient (Wildman–Crippen LogP) is 2.49. The molecule has 0 aromatic carbocycles. The lowest BCUT2D eigenvalue weighted by Gasteiger charge is -2.38. The van der Waals surface area contributed by atoms with E-state index in [1.54, 1.807) is 0 Å². The van der Waals surface area contributed by atoms with Gasteiger partial charge in [0.1, 0.15) is 0 Å². The van der Waals surface area contributed by atoms with Gasteiger partial charge in [0.2, 0.25) is 0 Å². The molecule has 0 bridgehead atoms. The lowest BCUT2D eigenvalue weighted by molar-refractivity contribution is 0.125. The Balaban J connectivity index is 2.40. The van der Waals surface area contributed by atoms with E-state index in [2.05, 4.69) is 45.0 Å². The second kappa shape index (κ2) is 5.86. The van der Waals surface area contributed by atoms with Crippen molar-refractivity contribution in [3.05, 3.63) is 0 Å². The summed E-state index contributed by atoms with van der Waals surface area (Å²) in [6, 6.07) is 2.20. The minimum Gasteiger partial charge on any atom is -0.314 e. The van der Waals surface area contributed by atoms with E-state index in [1.807, 2.05) is 0 Å². The van der Waals surface area contributed by atoms with Crippen LogP contribution in [0.1, 0.15) is 47.0 Å². The van der Waals surface area contributed by atoms with Gasteiger partial charge in [-0.15, -0.1) is 0 Å². The van der Waals surface area contributed by atoms with Crippen molar-refractivity contribution in [2.45, 2.75) is 65.1 Å². The predicted molar refractivity (Wildman–Crippen MR) is 67.2 cm³/mol. The van der Waals surface area contributed by atoms with E-state index >= 15 is 0 Å². The average Bonchev–Trinajstić information content (AvgIpc) is 2.15.